The fraction of sp³-hybridized carbons (Fsp3) is 0.353. The number of nitrogens with zero attached hydrogens (tertiary/aromatic N) is 3. The van der Waals surface area contributed by atoms with Gasteiger partial charge in [-0.25, -0.2) is 0 Å². The molecule has 2 amide bonds. The van der Waals surface area contributed by atoms with Gasteiger partial charge in [-0.05, 0) is 44.4 Å². The monoisotopic (exact) mass is 412 g/mol. The van der Waals surface area contributed by atoms with Gasteiger partial charge < -0.3 is 15.1 Å². The van der Waals surface area contributed by atoms with Crippen LogP contribution >= 0.6 is 35.0 Å². The first kappa shape index (κ1) is 19.2. The van der Waals surface area contributed by atoms with Crippen LogP contribution in [0.1, 0.15) is 6.42 Å². The number of rotatable bonds is 3. The lowest BCUT2D eigenvalue weighted by atomic mass is 10.2. The second-order valence-electron chi connectivity index (χ2n) is 6.24. The molecule has 1 aromatic carbocycles. The molecule has 2 aliphatic heterocycles. The number of amides is 2. The van der Waals surface area contributed by atoms with Crippen LogP contribution in [0.4, 0.5) is 5.69 Å². The van der Waals surface area contributed by atoms with Crippen molar-refractivity contribution in [3.8, 4) is 0 Å². The lowest BCUT2D eigenvalue weighted by Crippen LogP contribution is -2.33. The van der Waals surface area contributed by atoms with Gasteiger partial charge in [-0.3, -0.25) is 9.59 Å². The minimum Gasteiger partial charge on any atom is -0.337 e. The number of hydrogen-bond acceptors (Lipinski definition) is 5. The van der Waals surface area contributed by atoms with Gasteiger partial charge in [0.2, 0.25) is 5.91 Å². The molecule has 1 unspecified atom stereocenters. The molecular weight excluding hydrogens is 395 g/mol. The summed E-state index contributed by atoms with van der Waals surface area (Å²) in [6, 6.07) is 5.45. The molecule has 1 saturated heterocycles. The number of benzene rings is 1. The van der Waals surface area contributed by atoms with Crippen LogP contribution in [0, 0.1) is 0 Å². The van der Waals surface area contributed by atoms with Crippen LogP contribution < -0.4 is 5.32 Å². The molecule has 0 saturated carbocycles. The maximum atomic E-state index is 12.4. The Morgan fingerprint density at radius 1 is 1.38 bits per heavy atom. The van der Waals surface area contributed by atoms with Crippen molar-refractivity contribution in [1.82, 2.24) is 9.80 Å². The highest BCUT2D eigenvalue weighted by Crippen LogP contribution is 2.34. The van der Waals surface area contributed by atoms with Gasteiger partial charge in [-0.1, -0.05) is 29.3 Å². The highest BCUT2D eigenvalue weighted by molar-refractivity contribution is 8.18. The van der Waals surface area contributed by atoms with Crippen molar-refractivity contribution < 1.29 is 9.59 Å². The topological polar surface area (TPSA) is 65.0 Å². The summed E-state index contributed by atoms with van der Waals surface area (Å²) in [6.45, 7) is 1.35. The number of thioether (sulfide) groups is 1. The Morgan fingerprint density at radius 3 is 2.69 bits per heavy atom. The van der Waals surface area contributed by atoms with Gasteiger partial charge in [0.05, 0.1) is 20.6 Å². The zero-order valence-corrected chi connectivity index (χ0v) is 16.7. The Hall–Kier alpha value is -1.54. The predicted octanol–water partition coefficient (Wildman–Crippen LogP) is 3.08. The number of nitrogens with one attached hydrogen (secondary N) is 1. The fourth-order valence-electron chi connectivity index (χ4n) is 2.75. The molecule has 0 spiro atoms. The van der Waals surface area contributed by atoms with Crippen molar-refractivity contribution in [1.29, 1.82) is 0 Å². The molecule has 9 heteroatoms. The zero-order chi connectivity index (χ0) is 18.8. The largest absolute Gasteiger partial charge is 0.337 e. The highest BCUT2D eigenvalue weighted by atomic mass is 35.5. The number of carbonyl (C=O) groups excluding carboxylic acids is 2. The summed E-state index contributed by atoms with van der Waals surface area (Å²) in [7, 11) is 4.00. The van der Waals surface area contributed by atoms with E-state index < -0.39 is 5.91 Å². The summed E-state index contributed by atoms with van der Waals surface area (Å²) in [5.41, 5.74) is 0.482. The van der Waals surface area contributed by atoms with E-state index in [9.17, 15) is 9.59 Å². The number of carbonyl (C=O) groups is 2. The van der Waals surface area contributed by atoms with Crippen LogP contribution in [-0.2, 0) is 9.59 Å². The second kappa shape index (κ2) is 8.00. The molecule has 2 aliphatic rings. The first-order valence-corrected chi connectivity index (χ1v) is 9.61. The average Bonchev–Trinajstić information content (AvgIpc) is 3.19. The number of amidine groups is 1. The molecule has 2 heterocycles. The molecule has 3 rings (SSSR count). The molecular formula is C17H18Cl2N4O2S. The number of aliphatic imine (C=N–C) groups is 1. The van der Waals surface area contributed by atoms with E-state index in [4.69, 9.17) is 23.2 Å². The molecule has 1 fully saturated rings. The maximum absolute atomic E-state index is 12.4. The van der Waals surface area contributed by atoms with Crippen molar-refractivity contribution in [2.24, 2.45) is 4.99 Å². The van der Waals surface area contributed by atoms with Crippen LogP contribution in [0.2, 0.25) is 10.0 Å². The molecule has 0 aliphatic carbocycles. The molecule has 138 valence electrons. The summed E-state index contributed by atoms with van der Waals surface area (Å²) in [6.07, 6.45) is 2.29. The lowest BCUT2D eigenvalue weighted by Gasteiger charge is -2.19. The van der Waals surface area contributed by atoms with Crippen molar-refractivity contribution in [2.75, 3.05) is 32.5 Å². The van der Waals surface area contributed by atoms with E-state index in [0.29, 0.717) is 40.0 Å². The van der Waals surface area contributed by atoms with E-state index in [0.717, 1.165) is 18.2 Å². The Balaban J connectivity index is 1.66. The van der Waals surface area contributed by atoms with Gasteiger partial charge in [0.1, 0.15) is 0 Å². The van der Waals surface area contributed by atoms with E-state index in [2.05, 4.69) is 15.2 Å². The predicted molar refractivity (Wildman–Crippen MR) is 107 cm³/mol. The van der Waals surface area contributed by atoms with E-state index in [1.54, 1.807) is 23.1 Å². The fourth-order valence-corrected chi connectivity index (χ4v) is 4.03. The third kappa shape index (κ3) is 4.23. The van der Waals surface area contributed by atoms with E-state index in [1.807, 2.05) is 14.1 Å². The molecule has 0 radical (unpaired) electrons. The minimum atomic E-state index is -0.447. The van der Waals surface area contributed by atoms with Crippen LogP contribution in [0.3, 0.4) is 0 Å². The molecule has 0 bridgehead atoms. The van der Waals surface area contributed by atoms with E-state index in [-0.39, 0.29) is 10.8 Å². The van der Waals surface area contributed by atoms with Gasteiger partial charge in [0.15, 0.2) is 5.17 Å². The number of likely N-dealkylation sites (N-methyl/N-ethyl adjacent to an activating group) is 1. The average molecular weight is 413 g/mol. The number of para-hydroxylation sites is 1. The number of anilines is 1. The Kier molecular flexibility index (Phi) is 5.92. The molecule has 1 N–H and O–H groups in total. The summed E-state index contributed by atoms with van der Waals surface area (Å²) in [5.74, 6) is -0.616. The number of halogens is 2. The Labute approximate surface area is 166 Å². The zero-order valence-electron chi connectivity index (χ0n) is 14.3. The standard InChI is InChI=1S/C17H18Cl2N4O2S/c1-22(2)10-6-7-23(9-10)14(24)8-13-16(25)21-17(26-13)20-15-11(18)4-3-5-12(15)19/h3-5,8,10H,6-7,9H2,1-2H3,(H,20,21,25)/b13-8-. The maximum Gasteiger partial charge on any atom is 0.286 e. The van der Waals surface area contributed by atoms with Crippen molar-refractivity contribution >= 4 is 57.6 Å². The van der Waals surface area contributed by atoms with Crippen LogP contribution in [0.5, 0.6) is 0 Å². The van der Waals surface area contributed by atoms with Crippen LogP contribution in [0.25, 0.3) is 0 Å². The molecule has 1 aromatic rings. The van der Waals surface area contributed by atoms with Crippen LogP contribution in [-0.4, -0.2) is 60.0 Å². The highest BCUT2D eigenvalue weighted by Gasteiger charge is 2.29. The first-order chi connectivity index (χ1) is 12.3. The third-order valence-electron chi connectivity index (χ3n) is 4.28. The van der Waals surface area contributed by atoms with Crippen LogP contribution in [0.15, 0.2) is 34.2 Å². The van der Waals surface area contributed by atoms with Crippen molar-refractivity contribution in [2.45, 2.75) is 12.5 Å². The Bertz CT molecular complexity index is 790. The van der Waals surface area contributed by atoms with E-state index >= 15 is 0 Å². The van der Waals surface area contributed by atoms with Crippen molar-refractivity contribution in [3.63, 3.8) is 0 Å². The molecule has 26 heavy (non-hydrogen) atoms. The number of likely N-dealkylation sites (tertiary alicyclic amines) is 1. The minimum absolute atomic E-state index is 0.169. The van der Waals surface area contributed by atoms with Gasteiger partial charge in [0, 0.05) is 25.2 Å². The Morgan fingerprint density at radius 2 is 2.08 bits per heavy atom. The summed E-state index contributed by atoms with van der Waals surface area (Å²) in [4.78, 5) is 32.6. The normalized spacial score (nSPS) is 21.7. The molecule has 6 nitrogen and oxygen atoms in total. The summed E-state index contributed by atoms with van der Waals surface area (Å²) >= 11 is 13.3. The summed E-state index contributed by atoms with van der Waals surface area (Å²) in [5, 5.41) is 4.15. The second-order valence-corrected chi connectivity index (χ2v) is 8.09. The molecule has 0 aromatic heterocycles. The third-order valence-corrected chi connectivity index (χ3v) is 5.80. The number of hydrogen-bond donors (Lipinski definition) is 1. The smallest absolute Gasteiger partial charge is 0.286 e. The first-order valence-electron chi connectivity index (χ1n) is 8.04. The molecule has 1 atom stereocenters. The van der Waals surface area contributed by atoms with E-state index in [1.165, 1.54) is 6.08 Å². The quantitative estimate of drug-likeness (QED) is 0.772. The van der Waals surface area contributed by atoms with Gasteiger partial charge in [-0.15, -0.1) is 0 Å². The van der Waals surface area contributed by atoms with Gasteiger partial charge >= 0.3 is 0 Å². The lowest BCUT2D eigenvalue weighted by molar-refractivity contribution is -0.125. The van der Waals surface area contributed by atoms with Gasteiger partial charge in [-0.2, -0.15) is 4.99 Å². The van der Waals surface area contributed by atoms with Gasteiger partial charge in [0.25, 0.3) is 5.91 Å². The summed E-state index contributed by atoms with van der Waals surface area (Å²) < 4.78 is 0. The SMILES string of the molecule is CN(C)C1CCN(C(=O)/C=C2\SC(Nc3c(Cl)cccc3Cl)=NC2=O)C1. The van der Waals surface area contributed by atoms with Crippen molar-refractivity contribution in [3.05, 3.63) is 39.2 Å².